The summed E-state index contributed by atoms with van der Waals surface area (Å²) in [5, 5.41) is 2.63. The first kappa shape index (κ1) is 21.9. The number of piperidine rings is 1. The Morgan fingerprint density at radius 1 is 1.06 bits per heavy atom. The average Bonchev–Trinajstić information content (AvgIpc) is 3.00. The van der Waals surface area contributed by atoms with E-state index >= 15 is 0 Å². The maximum atomic E-state index is 13.4. The average molecular weight is 469 g/mol. The maximum absolute atomic E-state index is 13.4. The number of carbonyl (C=O) groups excluding carboxylic acids is 1. The number of fused-ring (bicyclic) bond motifs is 1. The Kier molecular flexibility index (Phi) is 6.36. The molecule has 1 fully saturated rings. The second-order valence-electron chi connectivity index (χ2n) is 7.46. The van der Waals surface area contributed by atoms with Gasteiger partial charge in [0.25, 0.3) is 0 Å². The summed E-state index contributed by atoms with van der Waals surface area (Å²) in [6.07, 6.45) is 1.55. The zero-order chi connectivity index (χ0) is 22.0. The largest absolute Gasteiger partial charge is 0.490 e. The Morgan fingerprint density at radius 2 is 1.77 bits per heavy atom. The molecule has 1 saturated heterocycles. The molecule has 1 amide bonds. The predicted molar refractivity (Wildman–Crippen MR) is 114 cm³/mol. The van der Waals surface area contributed by atoms with E-state index in [9.17, 15) is 17.6 Å². The van der Waals surface area contributed by atoms with Gasteiger partial charge in [-0.1, -0.05) is 11.6 Å². The number of sulfonamides is 1. The molecule has 2 heterocycles. The number of hydrogen-bond acceptors (Lipinski definition) is 5. The number of amides is 1. The minimum absolute atomic E-state index is 0.0611. The Morgan fingerprint density at radius 3 is 2.48 bits per heavy atom. The van der Waals surface area contributed by atoms with Crippen LogP contribution in [0, 0.1) is 11.7 Å². The van der Waals surface area contributed by atoms with Crippen LogP contribution in [0.3, 0.4) is 0 Å². The van der Waals surface area contributed by atoms with Gasteiger partial charge in [0.05, 0.1) is 23.1 Å². The van der Waals surface area contributed by atoms with Gasteiger partial charge in [0.2, 0.25) is 15.9 Å². The summed E-state index contributed by atoms with van der Waals surface area (Å²) in [5.74, 6) is 0.0745. The Balaban J connectivity index is 1.38. The number of anilines is 1. The molecule has 0 aliphatic carbocycles. The van der Waals surface area contributed by atoms with Gasteiger partial charge in [-0.25, -0.2) is 12.8 Å². The molecule has 2 aliphatic rings. The first-order chi connectivity index (χ1) is 14.8. The van der Waals surface area contributed by atoms with Crippen molar-refractivity contribution in [2.45, 2.75) is 24.2 Å². The van der Waals surface area contributed by atoms with Crippen LogP contribution in [0.5, 0.6) is 11.5 Å². The molecule has 4 rings (SSSR count). The molecule has 2 aliphatic heterocycles. The molecule has 0 aromatic heterocycles. The van der Waals surface area contributed by atoms with Crippen molar-refractivity contribution in [3.8, 4) is 11.5 Å². The standard InChI is InChI=1S/C21H22ClFN2O5S/c22-17-13-16(3-4-18(17)23)31(27,28)25-8-6-14(7-9-25)21(26)24-15-2-5-19-20(12-15)30-11-1-10-29-19/h2-5,12-14H,1,6-11H2,(H,24,26). The highest BCUT2D eigenvalue weighted by atomic mass is 35.5. The highest BCUT2D eigenvalue weighted by Crippen LogP contribution is 2.33. The lowest BCUT2D eigenvalue weighted by atomic mass is 9.97. The summed E-state index contributed by atoms with van der Waals surface area (Å²) in [5.41, 5.74) is 0.602. The van der Waals surface area contributed by atoms with Crippen LogP contribution < -0.4 is 14.8 Å². The number of rotatable bonds is 4. The summed E-state index contributed by atoms with van der Waals surface area (Å²) >= 11 is 5.73. The second kappa shape index (κ2) is 9.02. The van der Waals surface area contributed by atoms with Crippen LogP contribution in [0.1, 0.15) is 19.3 Å². The molecular weight excluding hydrogens is 447 g/mol. The van der Waals surface area contributed by atoms with Gasteiger partial charge in [0.1, 0.15) is 5.82 Å². The number of halogens is 2. The second-order valence-corrected chi connectivity index (χ2v) is 9.80. The van der Waals surface area contributed by atoms with E-state index in [0.717, 1.165) is 18.6 Å². The zero-order valence-electron chi connectivity index (χ0n) is 16.6. The smallest absolute Gasteiger partial charge is 0.243 e. The zero-order valence-corrected chi connectivity index (χ0v) is 18.2. The summed E-state index contributed by atoms with van der Waals surface area (Å²) in [6, 6.07) is 8.58. The molecule has 1 N–H and O–H groups in total. The van der Waals surface area contributed by atoms with Crippen molar-refractivity contribution in [1.29, 1.82) is 0 Å². The number of hydrogen-bond donors (Lipinski definition) is 1. The van der Waals surface area contributed by atoms with Gasteiger partial charge in [-0.3, -0.25) is 4.79 Å². The Bertz CT molecular complexity index is 1090. The molecule has 0 radical (unpaired) electrons. The topological polar surface area (TPSA) is 84.9 Å². The Hall–Kier alpha value is -2.36. The third-order valence-electron chi connectivity index (χ3n) is 5.37. The van der Waals surface area contributed by atoms with Gasteiger partial charge in [-0.05, 0) is 43.2 Å². The molecule has 0 saturated carbocycles. The molecule has 0 spiro atoms. The monoisotopic (exact) mass is 468 g/mol. The third kappa shape index (κ3) is 4.78. The van der Waals surface area contributed by atoms with E-state index in [-0.39, 0.29) is 34.8 Å². The highest BCUT2D eigenvalue weighted by Gasteiger charge is 2.32. The molecular formula is C21H22ClFN2O5S. The van der Waals surface area contributed by atoms with Gasteiger partial charge in [0, 0.05) is 37.2 Å². The molecule has 0 bridgehead atoms. The Labute approximate surface area is 185 Å². The predicted octanol–water partition coefficient (Wildman–Crippen LogP) is 3.68. The summed E-state index contributed by atoms with van der Waals surface area (Å²) in [6.45, 7) is 1.52. The minimum atomic E-state index is -3.80. The highest BCUT2D eigenvalue weighted by molar-refractivity contribution is 7.89. The minimum Gasteiger partial charge on any atom is -0.490 e. The fourth-order valence-corrected chi connectivity index (χ4v) is 5.37. The number of benzene rings is 2. The molecule has 0 atom stereocenters. The van der Waals surface area contributed by atoms with Gasteiger partial charge >= 0.3 is 0 Å². The first-order valence-electron chi connectivity index (χ1n) is 10.0. The molecule has 10 heteroatoms. The summed E-state index contributed by atoms with van der Waals surface area (Å²) < 4.78 is 51.5. The van der Waals surface area contributed by atoms with E-state index in [4.69, 9.17) is 21.1 Å². The van der Waals surface area contributed by atoms with Gasteiger partial charge in [-0.2, -0.15) is 4.31 Å². The maximum Gasteiger partial charge on any atom is 0.243 e. The number of nitrogens with zero attached hydrogens (tertiary/aromatic N) is 1. The van der Waals surface area contributed by atoms with Crippen LogP contribution in [0.2, 0.25) is 5.02 Å². The van der Waals surface area contributed by atoms with E-state index in [1.807, 2.05) is 0 Å². The molecule has 0 unspecified atom stereocenters. The van der Waals surface area contributed by atoms with Crippen LogP contribution in [0.4, 0.5) is 10.1 Å². The molecule has 31 heavy (non-hydrogen) atoms. The molecule has 2 aromatic carbocycles. The summed E-state index contributed by atoms with van der Waals surface area (Å²) in [4.78, 5) is 12.6. The SMILES string of the molecule is O=C(Nc1ccc2c(c1)OCCCO2)C1CCN(S(=O)(=O)c2ccc(F)c(Cl)c2)CC1. The van der Waals surface area contributed by atoms with Crippen LogP contribution in [0.15, 0.2) is 41.3 Å². The van der Waals surface area contributed by atoms with Crippen molar-refractivity contribution in [3.63, 3.8) is 0 Å². The van der Waals surface area contributed by atoms with Crippen molar-refractivity contribution in [1.82, 2.24) is 4.31 Å². The van der Waals surface area contributed by atoms with E-state index in [0.29, 0.717) is 43.2 Å². The van der Waals surface area contributed by atoms with E-state index < -0.39 is 15.8 Å². The van der Waals surface area contributed by atoms with Gasteiger partial charge < -0.3 is 14.8 Å². The van der Waals surface area contributed by atoms with Crippen molar-refractivity contribution in [2.24, 2.45) is 5.92 Å². The van der Waals surface area contributed by atoms with Crippen LogP contribution in [-0.2, 0) is 14.8 Å². The fraction of sp³-hybridized carbons (Fsp3) is 0.381. The molecule has 7 nitrogen and oxygen atoms in total. The lowest BCUT2D eigenvalue weighted by molar-refractivity contribution is -0.120. The quantitative estimate of drug-likeness (QED) is 0.739. The first-order valence-corrected chi connectivity index (χ1v) is 11.8. The fourth-order valence-electron chi connectivity index (χ4n) is 3.63. The normalized spacial score (nSPS) is 17.7. The van der Waals surface area contributed by atoms with Gasteiger partial charge in [0.15, 0.2) is 11.5 Å². The van der Waals surface area contributed by atoms with Crippen molar-refractivity contribution < 1.29 is 27.1 Å². The molecule has 166 valence electrons. The van der Waals surface area contributed by atoms with E-state index in [1.165, 1.54) is 10.4 Å². The van der Waals surface area contributed by atoms with E-state index in [1.54, 1.807) is 18.2 Å². The summed E-state index contributed by atoms with van der Waals surface area (Å²) in [7, 11) is -3.80. The van der Waals surface area contributed by atoms with Crippen molar-refractivity contribution >= 4 is 33.2 Å². The lowest BCUT2D eigenvalue weighted by Crippen LogP contribution is -2.41. The molecule has 2 aromatic rings. The van der Waals surface area contributed by atoms with E-state index in [2.05, 4.69) is 5.32 Å². The lowest BCUT2D eigenvalue weighted by Gasteiger charge is -2.30. The van der Waals surface area contributed by atoms with Crippen LogP contribution in [-0.4, -0.2) is 44.9 Å². The van der Waals surface area contributed by atoms with Crippen molar-refractivity contribution in [2.75, 3.05) is 31.6 Å². The number of carbonyl (C=O) groups is 1. The van der Waals surface area contributed by atoms with Crippen LogP contribution in [0.25, 0.3) is 0 Å². The number of nitrogens with one attached hydrogen (secondary N) is 1. The van der Waals surface area contributed by atoms with Gasteiger partial charge in [-0.15, -0.1) is 0 Å². The van der Waals surface area contributed by atoms with Crippen LogP contribution >= 0.6 is 11.6 Å². The number of ether oxygens (including phenoxy) is 2. The van der Waals surface area contributed by atoms with Crippen molar-refractivity contribution in [3.05, 3.63) is 47.2 Å². The third-order valence-corrected chi connectivity index (χ3v) is 7.55.